The monoisotopic (exact) mass is 341 g/mol. The van der Waals surface area contributed by atoms with Crippen LogP contribution in [0.4, 0.5) is 10.1 Å². The Bertz CT molecular complexity index is 837. The van der Waals surface area contributed by atoms with Crippen molar-refractivity contribution >= 4 is 17.6 Å². The van der Waals surface area contributed by atoms with Crippen LogP contribution in [0.25, 0.3) is 11.1 Å². The minimum absolute atomic E-state index is 0.123. The number of benzene rings is 2. The summed E-state index contributed by atoms with van der Waals surface area (Å²) in [6, 6.07) is 14.0. The molecule has 0 bridgehead atoms. The first kappa shape index (κ1) is 16.7. The molecule has 0 atom stereocenters. The molecule has 0 spiro atoms. The van der Waals surface area contributed by atoms with E-state index in [1.807, 2.05) is 30.3 Å². The van der Waals surface area contributed by atoms with Crippen LogP contribution in [-0.2, 0) is 19.1 Å². The number of carbonyl (C=O) groups excluding carboxylic acids is 2. The molecule has 0 saturated carbocycles. The summed E-state index contributed by atoms with van der Waals surface area (Å²) in [7, 11) is 0. The average molecular weight is 341 g/mol. The highest BCUT2D eigenvalue weighted by Crippen LogP contribution is 2.26. The van der Waals surface area contributed by atoms with Crippen molar-refractivity contribution in [2.24, 2.45) is 0 Å². The molecule has 25 heavy (non-hydrogen) atoms. The van der Waals surface area contributed by atoms with Gasteiger partial charge in [-0.15, -0.1) is 0 Å². The van der Waals surface area contributed by atoms with Crippen molar-refractivity contribution in [3.8, 4) is 11.1 Å². The summed E-state index contributed by atoms with van der Waals surface area (Å²) < 4.78 is 24.2. The van der Waals surface area contributed by atoms with E-state index < -0.39 is 23.5 Å². The first-order chi connectivity index (χ1) is 11.9. The molecular weight excluding hydrogens is 325 g/mol. The van der Waals surface area contributed by atoms with E-state index >= 15 is 0 Å². The third kappa shape index (κ3) is 3.68. The minimum atomic E-state index is -1.31. The van der Waals surface area contributed by atoms with Crippen LogP contribution in [0.3, 0.4) is 0 Å². The quantitative estimate of drug-likeness (QED) is 0.525. The zero-order valence-corrected chi connectivity index (χ0v) is 13.7. The van der Waals surface area contributed by atoms with Crippen LogP contribution < -0.4 is 5.32 Å². The number of hydrogen-bond acceptors (Lipinski definition) is 5. The number of ether oxygens (including phenoxy) is 2. The Morgan fingerprint density at radius 1 is 0.960 bits per heavy atom. The molecule has 0 radical (unpaired) electrons. The fraction of sp³-hybridized carbons (Fsp3) is 0.158. The molecule has 1 heterocycles. The van der Waals surface area contributed by atoms with Gasteiger partial charge in [0.2, 0.25) is 0 Å². The van der Waals surface area contributed by atoms with E-state index in [4.69, 9.17) is 9.47 Å². The second-order valence-corrected chi connectivity index (χ2v) is 5.94. The fourth-order valence-corrected chi connectivity index (χ4v) is 2.37. The summed E-state index contributed by atoms with van der Waals surface area (Å²) in [4.78, 5) is 23.7. The number of cyclic esters (lactones) is 2. The number of hydrogen-bond donors (Lipinski definition) is 1. The zero-order valence-electron chi connectivity index (χ0n) is 13.7. The number of nitrogens with one attached hydrogen (secondary N) is 1. The van der Waals surface area contributed by atoms with Gasteiger partial charge in [-0.2, -0.15) is 0 Å². The Morgan fingerprint density at radius 3 is 2.20 bits per heavy atom. The van der Waals surface area contributed by atoms with E-state index in [0.717, 1.165) is 17.3 Å². The summed E-state index contributed by atoms with van der Waals surface area (Å²) in [6.07, 6.45) is 1.08. The smallest absolute Gasteiger partial charge is 0.350 e. The fourth-order valence-electron chi connectivity index (χ4n) is 2.37. The van der Waals surface area contributed by atoms with E-state index in [1.165, 1.54) is 26.0 Å². The molecule has 1 N–H and O–H groups in total. The summed E-state index contributed by atoms with van der Waals surface area (Å²) in [6.45, 7) is 2.91. The number of esters is 2. The predicted molar refractivity (Wildman–Crippen MR) is 89.8 cm³/mol. The lowest BCUT2D eigenvalue weighted by atomic mass is 10.1. The van der Waals surface area contributed by atoms with Gasteiger partial charge in [-0.25, -0.2) is 14.0 Å². The van der Waals surface area contributed by atoms with Gasteiger partial charge >= 0.3 is 11.9 Å². The minimum Gasteiger partial charge on any atom is -0.419 e. The normalized spacial score (nSPS) is 16.0. The highest BCUT2D eigenvalue weighted by Gasteiger charge is 2.38. The van der Waals surface area contributed by atoms with Gasteiger partial charge in [0.1, 0.15) is 5.82 Å². The topological polar surface area (TPSA) is 64.6 Å². The van der Waals surface area contributed by atoms with Crippen molar-refractivity contribution in [3.63, 3.8) is 0 Å². The van der Waals surface area contributed by atoms with Crippen molar-refractivity contribution in [1.82, 2.24) is 0 Å². The van der Waals surface area contributed by atoms with Crippen molar-refractivity contribution in [1.29, 1.82) is 0 Å². The van der Waals surface area contributed by atoms with Gasteiger partial charge in [0.15, 0.2) is 5.57 Å². The maximum Gasteiger partial charge on any atom is 0.350 e. The predicted octanol–water partition coefficient (Wildman–Crippen LogP) is 3.62. The number of rotatable bonds is 3. The van der Waals surface area contributed by atoms with Gasteiger partial charge < -0.3 is 14.8 Å². The SMILES string of the molecule is CC1(C)OC(=O)C(=CNc2ccc(-c3ccccc3)cc2F)C(=O)O1. The van der Waals surface area contributed by atoms with Crippen molar-refractivity contribution in [3.05, 3.63) is 66.1 Å². The van der Waals surface area contributed by atoms with Crippen LogP contribution in [0, 0.1) is 5.82 Å². The van der Waals surface area contributed by atoms with Crippen LogP contribution in [0.2, 0.25) is 0 Å². The van der Waals surface area contributed by atoms with Crippen LogP contribution in [0.5, 0.6) is 0 Å². The summed E-state index contributed by atoms with van der Waals surface area (Å²) in [5, 5.41) is 2.61. The summed E-state index contributed by atoms with van der Waals surface area (Å²) in [5.41, 5.74) is 1.39. The molecule has 6 heteroatoms. The van der Waals surface area contributed by atoms with Gasteiger partial charge in [0, 0.05) is 20.0 Å². The Kier molecular flexibility index (Phi) is 4.27. The summed E-state index contributed by atoms with van der Waals surface area (Å²) in [5.74, 6) is -3.48. The van der Waals surface area contributed by atoms with Gasteiger partial charge in [-0.05, 0) is 23.3 Å². The highest BCUT2D eigenvalue weighted by molar-refractivity contribution is 6.15. The second-order valence-electron chi connectivity index (χ2n) is 5.94. The molecule has 128 valence electrons. The Labute approximate surface area is 144 Å². The third-order valence-corrected chi connectivity index (χ3v) is 3.57. The van der Waals surface area contributed by atoms with Crippen molar-refractivity contribution < 1.29 is 23.5 Å². The molecule has 0 unspecified atom stereocenters. The third-order valence-electron chi connectivity index (χ3n) is 3.57. The first-order valence-electron chi connectivity index (χ1n) is 7.64. The van der Waals surface area contributed by atoms with E-state index in [-0.39, 0.29) is 11.3 Å². The van der Waals surface area contributed by atoms with Gasteiger partial charge in [-0.3, -0.25) is 0 Å². The second kappa shape index (κ2) is 6.39. The lowest BCUT2D eigenvalue weighted by Crippen LogP contribution is -2.42. The molecule has 2 aromatic carbocycles. The molecule has 1 aliphatic rings. The molecular formula is C19H16FNO4. The average Bonchev–Trinajstić information content (AvgIpc) is 2.55. The molecule has 5 nitrogen and oxygen atoms in total. The van der Waals surface area contributed by atoms with E-state index in [0.29, 0.717) is 0 Å². The Balaban J connectivity index is 1.80. The Morgan fingerprint density at radius 2 is 1.60 bits per heavy atom. The van der Waals surface area contributed by atoms with Gasteiger partial charge in [0.05, 0.1) is 5.69 Å². The van der Waals surface area contributed by atoms with Crippen LogP contribution in [-0.4, -0.2) is 17.7 Å². The molecule has 1 fully saturated rings. The van der Waals surface area contributed by atoms with E-state index in [9.17, 15) is 14.0 Å². The molecule has 3 rings (SSSR count). The van der Waals surface area contributed by atoms with Gasteiger partial charge in [-0.1, -0.05) is 36.4 Å². The highest BCUT2D eigenvalue weighted by atomic mass is 19.1. The van der Waals surface area contributed by atoms with Crippen molar-refractivity contribution in [2.75, 3.05) is 5.32 Å². The van der Waals surface area contributed by atoms with Crippen molar-refractivity contribution in [2.45, 2.75) is 19.6 Å². The standard InChI is InChI=1S/C19H16FNO4/c1-19(2)24-17(22)14(18(23)25-19)11-21-16-9-8-13(10-15(16)20)12-6-4-3-5-7-12/h3-11,21H,1-2H3. The molecule has 0 aromatic heterocycles. The Hall–Kier alpha value is -3.15. The molecule has 1 saturated heterocycles. The van der Waals surface area contributed by atoms with Crippen LogP contribution >= 0.6 is 0 Å². The lowest BCUT2D eigenvalue weighted by Gasteiger charge is -2.29. The molecule has 2 aromatic rings. The van der Waals surface area contributed by atoms with E-state index in [2.05, 4.69) is 5.32 Å². The molecule has 0 aliphatic carbocycles. The maximum atomic E-state index is 14.3. The number of anilines is 1. The van der Waals surface area contributed by atoms with Gasteiger partial charge in [0.25, 0.3) is 5.79 Å². The maximum absolute atomic E-state index is 14.3. The number of carbonyl (C=O) groups is 2. The largest absolute Gasteiger partial charge is 0.419 e. The lowest BCUT2D eigenvalue weighted by molar-refractivity contribution is -0.222. The molecule has 1 aliphatic heterocycles. The molecule has 0 amide bonds. The van der Waals surface area contributed by atoms with E-state index in [1.54, 1.807) is 6.07 Å². The zero-order chi connectivity index (χ0) is 18.0. The van der Waals surface area contributed by atoms with Crippen LogP contribution in [0.1, 0.15) is 13.8 Å². The first-order valence-corrected chi connectivity index (χ1v) is 7.64. The summed E-state index contributed by atoms with van der Waals surface area (Å²) >= 11 is 0. The van der Waals surface area contributed by atoms with Crippen LogP contribution in [0.15, 0.2) is 60.3 Å². The number of halogens is 1.